The van der Waals surface area contributed by atoms with Crippen molar-refractivity contribution in [3.63, 3.8) is 0 Å². The molecule has 0 saturated heterocycles. The normalized spacial score (nSPS) is 14.0. The SMILES string of the molecule is COc1ccc(C2=C(SCc3ccco3)C(=O)N(Cc3ccccc3F)C2=O)cc1. The predicted molar refractivity (Wildman–Crippen MR) is 112 cm³/mol. The summed E-state index contributed by atoms with van der Waals surface area (Å²) in [6.07, 6.45) is 1.56. The second-order valence-corrected chi connectivity index (χ2v) is 7.57. The molecule has 1 aromatic heterocycles. The molecule has 0 unspecified atom stereocenters. The Balaban J connectivity index is 1.68. The van der Waals surface area contributed by atoms with Crippen LogP contribution in [0.2, 0.25) is 0 Å². The van der Waals surface area contributed by atoms with Crippen molar-refractivity contribution in [2.45, 2.75) is 12.3 Å². The fourth-order valence-corrected chi connectivity index (χ4v) is 4.21. The molecule has 2 amide bonds. The summed E-state index contributed by atoms with van der Waals surface area (Å²) in [6.45, 7) is -0.130. The molecule has 3 aromatic rings. The number of carbonyl (C=O) groups is 2. The fraction of sp³-hybridized carbons (Fsp3) is 0.130. The smallest absolute Gasteiger partial charge is 0.268 e. The molecule has 0 N–H and O–H groups in total. The summed E-state index contributed by atoms with van der Waals surface area (Å²) in [5, 5.41) is 0. The number of thioether (sulfide) groups is 1. The Morgan fingerprint density at radius 3 is 2.43 bits per heavy atom. The number of carbonyl (C=O) groups excluding carboxylic acids is 2. The van der Waals surface area contributed by atoms with Crippen molar-refractivity contribution < 1.29 is 23.1 Å². The zero-order valence-electron chi connectivity index (χ0n) is 16.1. The van der Waals surface area contributed by atoms with Crippen LogP contribution in [0.1, 0.15) is 16.9 Å². The monoisotopic (exact) mass is 423 g/mol. The first-order chi connectivity index (χ1) is 14.6. The lowest BCUT2D eigenvalue weighted by molar-refractivity contribution is -0.137. The Kier molecular flexibility index (Phi) is 5.72. The Morgan fingerprint density at radius 2 is 1.77 bits per heavy atom. The maximum Gasteiger partial charge on any atom is 0.268 e. The zero-order chi connectivity index (χ0) is 21.1. The number of hydrogen-bond acceptors (Lipinski definition) is 5. The first-order valence-corrected chi connectivity index (χ1v) is 10.2. The van der Waals surface area contributed by atoms with E-state index >= 15 is 0 Å². The lowest BCUT2D eigenvalue weighted by Crippen LogP contribution is -2.31. The van der Waals surface area contributed by atoms with Gasteiger partial charge in [0.2, 0.25) is 0 Å². The number of benzene rings is 2. The van der Waals surface area contributed by atoms with E-state index in [0.717, 1.165) is 4.90 Å². The van der Waals surface area contributed by atoms with Crippen LogP contribution in [0.5, 0.6) is 5.75 Å². The number of halogens is 1. The van der Waals surface area contributed by atoms with E-state index in [0.29, 0.717) is 33.3 Å². The van der Waals surface area contributed by atoms with Crippen LogP contribution in [0.4, 0.5) is 4.39 Å². The van der Waals surface area contributed by atoms with Crippen molar-refractivity contribution in [3.8, 4) is 5.75 Å². The van der Waals surface area contributed by atoms with Gasteiger partial charge in [-0.25, -0.2) is 4.39 Å². The average Bonchev–Trinajstić information content (AvgIpc) is 3.36. The summed E-state index contributed by atoms with van der Waals surface area (Å²) in [5.41, 5.74) is 1.19. The molecule has 0 radical (unpaired) electrons. The molecule has 0 atom stereocenters. The van der Waals surface area contributed by atoms with Crippen LogP contribution < -0.4 is 4.74 Å². The molecule has 30 heavy (non-hydrogen) atoms. The van der Waals surface area contributed by atoms with Crippen LogP contribution >= 0.6 is 11.8 Å². The molecule has 2 aromatic carbocycles. The molecule has 152 valence electrons. The first kappa shape index (κ1) is 20.0. The van der Waals surface area contributed by atoms with Gasteiger partial charge in [0.25, 0.3) is 11.8 Å². The van der Waals surface area contributed by atoms with Crippen LogP contribution in [0, 0.1) is 5.82 Å². The molecule has 2 heterocycles. The molecule has 0 bridgehead atoms. The van der Waals surface area contributed by atoms with Gasteiger partial charge in [-0.15, -0.1) is 11.8 Å². The van der Waals surface area contributed by atoms with Gasteiger partial charge in [0.05, 0.1) is 36.1 Å². The molecule has 4 rings (SSSR count). The summed E-state index contributed by atoms with van der Waals surface area (Å²) < 4.78 is 24.7. The quantitative estimate of drug-likeness (QED) is 0.518. The van der Waals surface area contributed by atoms with E-state index < -0.39 is 17.6 Å². The molecule has 5 nitrogen and oxygen atoms in total. The van der Waals surface area contributed by atoms with E-state index in [4.69, 9.17) is 9.15 Å². The molecule has 0 saturated carbocycles. The van der Waals surface area contributed by atoms with Crippen LogP contribution in [0.25, 0.3) is 5.57 Å². The number of furan rings is 1. The van der Waals surface area contributed by atoms with Crippen molar-refractivity contribution in [2.24, 2.45) is 0 Å². The van der Waals surface area contributed by atoms with Crippen molar-refractivity contribution in [3.05, 3.63) is 94.5 Å². The van der Waals surface area contributed by atoms with Crippen LogP contribution in [-0.4, -0.2) is 23.8 Å². The van der Waals surface area contributed by atoms with E-state index in [9.17, 15) is 14.0 Å². The third-order valence-corrected chi connectivity index (χ3v) is 5.83. The van der Waals surface area contributed by atoms with Crippen molar-refractivity contribution in [1.82, 2.24) is 4.90 Å². The van der Waals surface area contributed by atoms with E-state index in [1.165, 1.54) is 17.8 Å². The van der Waals surface area contributed by atoms with Crippen molar-refractivity contribution in [2.75, 3.05) is 7.11 Å². The van der Waals surface area contributed by atoms with Gasteiger partial charge in [-0.1, -0.05) is 30.3 Å². The van der Waals surface area contributed by atoms with Gasteiger partial charge >= 0.3 is 0 Å². The number of nitrogens with zero attached hydrogens (tertiary/aromatic N) is 1. The Bertz CT molecular complexity index is 1110. The fourth-order valence-electron chi connectivity index (χ4n) is 3.18. The summed E-state index contributed by atoms with van der Waals surface area (Å²) in [7, 11) is 1.55. The highest BCUT2D eigenvalue weighted by Gasteiger charge is 2.39. The molecule has 1 aliphatic rings. The van der Waals surface area contributed by atoms with Crippen molar-refractivity contribution >= 4 is 29.1 Å². The molecule has 0 fully saturated rings. The molecule has 0 spiro atoms. The highest BCUT2D eigenvalue weighted by Crippen LogP contribution is 2.38. The largest absolute Gasteiger partial charge is 0.497 e. The van der Waals surface area contributed by atoms with Gasteiger partial charge in [-0.05, 0) is 35.9 Å². The number of hydrogen-bond donors (Lipinski definition) is 0. The van der Waals surface area contributed by atoms with Crippen LogP contribution in [0.15, 0.2) is 76.2 Å². The topological polar surface area (TPSA) is 59.8 Å². The third-order valence-electron chi connectivity index (χ3n) is 4.73. The van der Waals surface area contributed by atoms with Crippen LogP contribution in [-0.2, 0) is 21.9 Å². The van der Waals surface area contributed by atoms with Gasteiger partial charge in [0, 0.05) is 5.56 Å². The second-order valence-electron chi connectivity index (χ2n) is 6.59. The van der Waals surface area contributed by atoms with E-state index in [1.54, 1.807) is 68.0 Å². The Hall–Kier alpha value is -3.32. The predicted octanol–water partition coefficient (Wildman–Crippen LogP) is 4.64. The third kappa shape index (κ3) is 3.89. The number of imide groups is 1. The van der Waals surface area contributed by atoms with Gasteiger partial charge in [-0.2, -0.15) is 0 Å². The standard InChI is InChI=1S/C23H18FNO4S/c1-28-17-10-8-15(9-11-17)20-21(30-14-18-6-4-12-29-18)23(27)25(22(20)26)13-16-5-2-3-7-19(16)24/h2-12H,13-14H2,1H3. The minimum Gasteiger partial charge on any atom is -0.497 e. The number of amides is 2. The van der Waals surface area contributed by atoms with E-state index in [-0.39, 0.29) is 12.1 Å². The zero-order valence-corrected chi connectivity index (χ0v) is 16.9. The minimum absolute atomic E-state index is 0.130. The lowest BCUT2D eigenvalue weighted by Gasteiger charge is -2.15. The van der Waals surface area contributed by atoms with E-state index in [1.807, 2.05) is 0 Å². The number of ether oxygens (including phenoxy) is 1. The number of rotatable bonds is 7. The minimum atomic E-state index is -0.458. The molecule has 0 aliphatic carbocycles. The summed E-state index contributed by atoms with van der Waals surface area (Å²) in [6, 6.07) is 16.6. The summed E-state index contributed by atoms with van der Waals surface area (Å²) in [4.78, 5) is 27.8. The first-order valence-electron chi connectivity index (χ1n) is 9.22. The summed E-state index contributed by atoms with van der Waals surface area (Å²) in [5.74, 6) is 0.384. The highest BCUT2D eigenvalue weighted by atomic mass is 32.2. The van der Waals surface area contributed by atoms with E-state index in [2.05, 4.69) is 0 Å². The average molecular weight is 423 g/mol. The highest BCUT2D eigenvalue weighted by molar-refractivity contribution is 8.03. The molecule has 1 aliphatic heterocycles. The van der Waals surface area contributed by atoms with Gasteiger partial charge in [-0.3, -0.25) is 14.5 Å². The van der Waals surface area contributed by atoms with Crippen LogP contribution in [0.3, 0.4) is 0 Å². The Labute approximate surface area is 177 Å². The van der Waals surface area contributed by atoms with Gasteiger partial charge in [0.1, 0.15) is 17.3 Å². The Morgan fingerprint density at radius 1 is 1.00 bits per heavy atom. The summed E-state index contributed by atoms with van der Waals surface area (Å²) >= 11 is 1.23. The molecular weight excluding hydrogens is 405 g/mol. The number of methoxy groups -OCH3 is 1. The lowest BCUT2D eigenvalue weighted by atomic mass is 10.1. The maximum absolute atomic E-state index is 14.1. The van der Waals surface area contributed by atoms with Gasteiger partial charge in [0.15, 0.2) is 0 Å². The maximum atomic E-state index is 14.1. The second kappa shape index (κ2) is 8.59. The van der Waals surface area contributed by atoms with Crippen molar-refractivity contribution in [1.29, 1.82) is 0 Å². The molecule has 7 heteroatoms. The molecular formula is C23H18FNO4S. The van der Waals surface area contributed by atoms with Gasteiger partial charge < -0.3 is 9.15 Å².